The summed E-state index contributed by atoms with van der Waals surface area (Å²) < 4.78 is 0. The molecular formula is C21H40N6O2. The van der Waals surface area contributed by atoms with Gasteiger partial charge in [-0.2, -0.15) is 0 Å². The molecule has 2 aliphatic rings. The molecule has 1 atom stereocenters. The van der Waals surface area contributed by atoms with Crippen molar-refractivity contribution in [3.8, 4) is 0 Å². The maximum atomic E-state index is 12.7. The SMILES string of the molecule is CN=C(NCCCN1CCCC1C(=O)N(C)C)NCC1(C(=O)N(C)C)CCCC1. The molecule has 1 heterocycles. The molecule has 1 aliphatic heterocycles. The molecule has 166 valence electrons. The van der Waals surface area contributed by atoms with Gasteiger partial charge >= 0.3 is 0 Å². The second-order valence-electron chi connectivity index (χ2n) is 8.82. The standard InChI is InChI=1S/C21H40N6O2/c1-22-20(24-16-21(11-6-7-12-21)19(29)26(4)5)23-13-9-15-27-14-8-10-17(27)18(28)25(2)3/h17H,6-16H2,1-5H3,(H2,22,23,24). The minimum Gasteiger partial charge on any atom is -0.356 e. The second kappa shape index (κ2) is 10.8. The van der Waals surface area contributed by atoms with E-state index in [2.05, 4.69) is 20.5 Å². The molecule has 0 aromatic carbocycles. The van der Waals surface area contributed by atoms with Gasteiger partial charge in [0.2, 0.25) is 11.8 Å². The minimum absolute atomic E-state index is 0.0294. The van der Waals surface area contributed by atoms with Crippen molar-refractivity contribution in [2.75, 3.05) is 61.4 Å². The van der Waals surface area contributed by atoms with E-state index in [1.807, 2.05) is 28.2 Å². The van der Waals surface area contributed by atoms with Gasteiger partial charge in [-0.3, -0.25) is 19.5 Å². The Labute approximate surface area is 176 Å². The van der Waals surface area contributed by atoms with Crippen molar-refractivity contribution >= 4 is 17.8 Å². The molecule has 2 amide bonds. The third-order valence-corrected chi connectivity index (χ3v) is 6.24. The molecule has 1 aliphatic carbocycles. The average molecular weight is 409 g/mol. The van der Waals surface area contributed by atoms with Crippen molar-refractivity contribution in [2.45, 2.75) is 51.0 Å². The molecule has 0 aromatic rings. The van der Waals surface area contributed by atoms with E-state index in [1.54, 1.807) is 16.8 Å². The maximum Gasteiger partial charge on any atom is 0.239 e. The van der Waals surface area contributed by atoms with Gasteiger partial charge in [-0.05, 0) is 38.6 Å². The quantitative estimate of drug-likeness (QED) is 0.352. The molecule has 1 saturated heterocycles. The average Bonchev–Trinajstić information content (AvgIpc) is 3.36. The Morgan fingerprint density at radius 2 is 1.76 bits per heavy atom. The first-order valence-corrected chi connectivity index (χ1v) is 10.9. The van der Waals surface area contributed by atoms with Crippen LogP contribution in [-0.4, -0.2) is 99.9 Å². The number of likely N-dealkylation sites (N-methyl/N-ethyl adjacent to an activating group) is 1. The van der Waals surface area contributed by atoms with E-state index in [-0.39, 0.29) is 23.3 Å². The molecule has 29 heavy (non-hydrogen) atoms. The number of aliphatic imine (C=N–C) groups is 1. The second-order valence-corrected chi connectivity index (χ2v) is 8.82. The fourth-order valence-corrected chi connectivity index (χ4v) is 4.63. The lowest BCUT2D eigenvalue weighted by Crippen LogP contribution is -2.49. The van der Waals surface area contributed by atoms with Crippen LogP contribution in [0.15, 0.2) is 4.99 Å². The van der Waals surface area contributed by atoms with Crippen molar-refractivity contribution in [3.05, 3.63) is 0 Å². The number of amides is 2. The van der Waals surface area contributed by atoms with E-state index in [1.165, 1.54) is 0 Å². The van der Waals surface area contributed by atoms with Crippen molar-refractivity contribution in [2.24, 2.45) is 10.4 Å². The predicted molar refractivity (Wildman–Crippen MR) is 117 cm³/mol. The van der Waals surface area contributed by atoms with Crippen LogP contribution >= 0.6 is 0 Å². The zero-order valence-corrected chi connectivity index (χ0v) is 19.0. The topological polar surface area (TPSA) is 80.3 Å². The molecule has 0 aromatic heterocycles. The number of hydrogen-bond acceptors (Lipinski definition) is 4. The summed E-state index contributed by atoms with van der Waals surface area (Å²) in [7, 11) is 9.09. The van der Waals surface area contributed by atoms with Crippen LogP contribution in [0, 0.1) is 5.41 Å². The largest absolute Gasteiger partial charge is 0.356 e. The Morgan fingerprint density at radius 1 is 1.07 bits per heavy atom. The maximum absolute atomic E-state index is 12.7. The number of carbonyl (C=O) groups is 2. The molecule has 8 heteroatoms. The molecule has 2 fully saturated rings. The van der Waals surface area contributed by atoms with Gasteiger partial charge in [0.05, 0.1) is 11.5 Å². The Hall–Kier alpha value is -1.83. The van der Waals surface area contributed by atoms with Gasteiger partial charge in [-0.15, -0.1) is 0 Å². The number of nitrogens with one attached hydrogen (secondary N) is 2. The lowest BCUT2D eigenvalue weighted by atomic mass is 9.84. The van der Waals surface area contributed by atoms with E-state index >= 15 is 0 Å². The fraction of sp³-hybridized carbons (Fsp3) is 0.857. The minimum atomic E-state index is -0.309. The Morgan fingerprint density at radius 3 is 2.34 bits per heavy atom. The lowest BCUT2D eigenvalue weighted by Gasteiger charge is -2.31. The fourth-order valence-electron chi connectivity index (χ4n) is 4.63. The van der Waals surface area contributed by atoms with Gasteiger partial charge in [-0.1, -0.05) is 12.8 Å². The Kier molecular flexibility index (Phi) is 8.74. The monoisotopic (exact) mass is 408 g/mol. The van der Waals surface area contributed by atoms with Crippen LogP contribution in [0.3, 0.4) is 0 Å². The summed E-state index contributed by atoms with van der Waals surface area (Å²) in [5.74, 6) is 1.16. The molecular weight excluding hydrogens is 368 g/mol. The van der Waals surface area contributed by atoms with Crippen LogP contribution in [0.25, 0.3) is 0 Å². The van der Waals surface area contributed by atoms with Gasteiger partial charge in [-0.25, -0.2) is 0 Å². The van der Waals surface area contributed by atoms with Crippen molar-refractivity contribution in [3.63, 3.8) is 0 Å². The highest BCUT2D eigenvalue weighted by molar-refractivity contribution is 5.85. The zero-order valence-electron chi connectivity index (χ0n) is 19.0. The summed E-state index contributed by atoms with van der Waals surface area (Å²) in [5.41, 5.74) is -0.309. The van der Waals surface area contributed by atoms with Crippen LogP contribution in [0.2, 0.25) is 0 Å². The van der Waals surface area contributed by atoms with Gasteiger partial charge in [0.1, 0.15) is 0 Å². The summed E-state index contributed by atoms with van der Waals surface area (Å²) in [6.07, 6.45) is 7.07. The predicted octanol–water partition coefficient (Wildman–Crippen LogP) is 0.743. The molecule has 0 bridgehead atoms. The number of guanidine groups is 1. The van der Waals surface area contributed by atoms with E-state index < -0.39 is 0 Å². The summed E-state index contributed by atoms with van der Waals surface area (Å²) in [5, 5.41) is 6.74. The van der Waals surface area contributed by atoms with E-state index in [9.17, 15) is 9.59 Å². The lowest BCUT2D eigenvalue weighted by molar-refractivity contribution is -0.139. The third kappa shape index (κ3) is 6.07. The van der Waals surface area contributed by atoms with Crippen molar-refractivity contribution in [1.29, 1.82) is 0 Å². The van der Waals surface area contributed by atoms with Crippen LogP contribution < -0.4 is 10.6 Å². The van der Waals surface area contributed by atoms with Crippen molar-refractivity contribution < 1.29 is 9.59 Å². The molecule has 2 N–H and O–H groups in total. The van der Waals surface area contributed by atoms with Crippen LogP contribution in [-0.2, 0) is 9.59 Å². The summed E-state index contributed by atoms with van der Waals surface area (Å²) in [4.78, 5) is 35.0. The molecule has 8 nitrogen and oxygen atoms in total. The number of nitrogens with zero attached hydrogens (tertiary/aromatic N) is 4. The zero-order chi connectivity index (χ0) is 21.4. The molecule has 0 radical (unpaired) electrons. The van der Waals surface area contributed by atoms with E-state index in [0.29, 0.717) is 6.54 Å². The number of likely N-dealkylation sites (tertiary alicyclic amines) is 1. The van der Waals surface area contributed by atoms with Crippen LogP contribution in [0.5, 0.6) is 0 Å². The highest BCUT2D eigenvalue weighted by atomic mass is 16.2. The smallest absolute Gasteiger partial charge is 0.239 e. The molecule has 1 unspecified atom stereocenters. The van der Waals surface area contributed by atoms with Gasteiger partial charge in [0, 0.05) is 54.9 Å². The highest BCUT2D eigenvalue weighted by Crippen LogP contribution is 2.38. The number of carbonyl (C=O) groups excluding carboxylic acids is 2. The summed E-state index contributed by atoms with van der Waals surface area (Å²) in [6, 6.07) is 0.0294. The van der Waals surface area contributed by atoms with Crippen LogP contribution in [0.4, 0.5) is 0 Å². The van der Waals surface area contributed by atoms with Gasteiger partial charge in [0.15, 0.2) is 5.96 Å². The van der Waals surface area contributed by atoms with E-state index in [0.717, 1.165) is 70.5 Å². The highest BCUT2D eigenvalue weighted by Gasteiger charge is 2.42. The number of rotatable bonds is 8. The first kappa shape index (κ1) is 23.4. The first-order valence-electron chi connectivity index (χ1n) is 10.9. The molecule has 2 rings (SSSR count). The normalized spacial score (nSPS) is 21.8. The van der Waals surface area contributed by atoms with Crippen LogP contribution in [0.1, 0.15) is 44.9 Å². The Bertz CT molecular complexity index is 584. The van der Waals surface area contributed by atoms with Crippen molar-refractivity contribution in [1.82, 2.24) is 25.3 Å². The van der Waals surface area contributed by atoms with Gasteiger partial charge in [0.25, 0.3) is 0 Å². The van der Waals surface area contributed by atoms with Gasteiger partial charge < -0.3 is 20.4 Å². The number of hydrogen-bond donors (Lipinski definition) is 2. The first-order chi connectivity index (χ1) is 13.8. The summed E-state index contributed by atoms with van der Waals surface area (Å²) >= 11 is 0. The van der Waals surface area contributed by atoms with E-state index in [4.69, 9.17) is 0 Å². The third-order valence-electron chi connectivity index (χ3n) is 6.24. The molecule has 1 saturated carbocycles. The Balaban J connectivity index is 1.76. The summed E-state index contributed by atoms with van der Waals surface area (Å²) in [6.45, 7) is 3.30. The molecule has 0 spiro atoms.